The Morgan fingerprint density at radius 1 is 1.19 bits per heavy atom. The standard InChI is InChI=1S/C14H23NO/c1-4-14(2,3)16-11-10-15-12-13-8-6-5-7-9-13/h5-9,15H,4,10-12H2,1-3H3. The van der Waals surface area contributed by atoms with Crippen LogP contribution in [0.4, 0.5) is 0 Å². The van der Waals surface area contributed by atoms with Crippen LogP contribution in [-0.4, -0.2) is 18.8 Å². The van der Waals surface area contributed by atoms with Crippen molar-refractivity contribution in [2.24, 2.45) is 0 Å². The van der Waals surface area contributed by atoms with E-state index in [0.29, 0.717) is 0 Å². The van der Waals surface area contributed by atoms with Crippen molar-refractivity contribution >= 4 is 0 Å². The molecular formula is C14H23NO. The van der Waals surface area contributed by atoms with Crippen LogP contribution in [0.5, 0.6) is 0 Å². The van der Waals surface area contributed by atoms with Gasteiger partial charge in [0.1, 0.15) is 0 Å². The SMILES string of the molecule is CCC(C)(C)OCCNCc1ccccc1. The van der Waals surface area contributed by atoms with Gasteiger partial charge in [0, 0.05) is 13.1 Å². The Balaban J connectivity index is 2.09. The van der Waals surface area contributed by atoms with Gasteiger partial charge in [-0.2, -0.15) is 0 Å². The minimum absolute atomic E-state index is 0.00836. The van der Waals surface area contributed by atoms with Gasteiger partial charge in [-0.05, 0) is 25.8 Å². The maximum Gasteiger partial charge on any atom is 0.0624 e. The summed E-state index contributed by atoms with van der Waals surface area (Å²) in [5.41, 5.74) is 1.33. The number of ether oxygens (including phenoxy) is 1. The molecule has 90 valence electrons. The van der Waals surface area contributed by atoms with E-state index in [1.165, 1.54) is 5.56 Å². The van der Waals surface area contributed by atoms with Crippen molar-refractivity contribution in [3.63, 3.8) is 0 Å². The monoisotopic (exact) mass is 221 g/mol. The summed E-state index contributed by atoms with van der Waals surface area (Å²) < 4.78 is 5.75. The van der Waals surface area contributed by atoms with E-state index in [0.717, 1.165) is 26.1 Å². The molecule has 1 aromatic rings. The average Bonchev–Trinajstić information content (AvgIpc) is 2.30. The lowest BCUT2D eigenvalue weighted by atomic mass is 10.1. The minimum Gasteiger partial charge on any atom is -0.374 e. The first kappa shape index (κ1) is 13.2. The van der Waals surface area contributed by atoms with E-state index in [2.05, 4.69) is 50.4 Å². The molecule has 0 aliphatic rings. The van der Waals surface area contributed by atoms with Gasteiger partial charge < -0.3 is 10.1 Å². The topological polar surface area (TPSA) is 21.3 Å². The van der Waals surface area contributed by atoms with E-state index >= 15 is 0 Å². The fraction of sp³-hybridized carbons (Fsp3) is 0.571. The molecule has 0 aromatic heterocycles. The summed E-state index contributed by atoms with van der Waals surface area (Å²) in [4.78, 5) is 0. The van der Waals surface area contributed by atoms with Crippen LogP contribution in [-0.2, 0) is 11.3 Å². The highest BCUT2D eigenvalue weighted by Crippen LogP contribution is 2.12. The van der Waals surface area contributed by atoms with Crippen molar-refractivity contribution < 1.29 is 4.74 Å². The van der Waals surface area contributed by atoms with Crippen molar-refractivity contribution in [3.05, 3.63) is 35.9 Å². The van der Waals surface area contributed by atoms with Crippen molar-refractivity contribution in [2.75, 3.05) is 13.2 Å². The smallest absolute Gasteiger partial charge is 0.0624 e. The normalized spacial score (nSPS) is 11.7. The fourth-order valence-corrected chi connectivity index (χ4v) is 1.33. The molecule has 0 saturated heterocycles. The van der Waals surface area contributed by atoms with Crippen molar-refractivity contribution in [1.29, 1.82) is 0 Å². The van der Waals surface area contributed by atoms with Gasteiger partial charge in [0.15, 0.2) is 0 Å². The third kappa shape index (κ3) is 5.29. The van der Waals surface area contributed by atoms with Gasteiger partial charge in [-0.25, -0.2) is 0 Å². The Labute approximate surface area is 99.0 Å². The molecule has 2 nitrogen and oxygen atoms in total. The van der Waals surface area contributed by atoms with Gasteiger partial charge in [-0.1, -0.05) is 37.3 Å². The molecule has 0 atom stereocenters. The van der Waals surface area contributed by atoms with Crippen LogP contribution < -0.4 is 5.32 Å². The summed E-state index contributed by atoms with van der Waals surface area (Å²) in [6, 6.07) is 10.4. The van der Waals surface area contributed by atoms with E-state index in [-0.39, 0.29) is 5.60 Å². The van der Waals surface area contributed by atoms with Crippen molar-refractivity contribution in [3.8, 4) is 0 Å². The van der Waals surface area contributed by atoms with Crippen molar-refractivity contribution in [1.82, 2.24) is 5.32 Å². The quantitative estimate of drug-likeness (QED) is 0.715. The predicted octanol–water partition coefficient (Wildman–Crippen LogP) is 2.98. The van der Waals surface area contributed by atoms with Crippen LogP contribution in [0.1, 0.15) is 32.8 Å². The van der Waals surface area contributed by atoms with Crippen LogP contribution in [0.15, 0.2) is 30.3 Å². The highest BCUT2D eigenvalue weighted by atomic mass is 16.5. The first-order valence-corrected chi connectivity index (χ1v) is 6.02. The number of hydrogen-bond donors (Lipinski definition) is 1. The molecule has 0 aliphatic heterocycles. The third-order valence-corrected chi connectivity index (χ3v) is 2.80. The van der Waals surface area contributed by atoms with Gasteiger partial charge >= 0.3 is 0 Å². The molecule has 0 amide bonds. The molecule has 0 spiro atoms. The second-order valence-corrected chi connectivity index (χ2v) is 4.62. The average molecular weight is 221 g/mol. The highest BCUT2D eigenvalue weighted by Gasteiger charge is 2.13. The van der Waals surface area contributed by atoms with Gasteiger partial charge in [0.25, 0.3) is 0 Å². The van der Waals surface area contributed by atoms with Crippen LogP contribution in [0, 0.1) is 0 Å². The molecule has 0 unspecified atom stereocenters. The summed E-state index contributed by atoms with van der Waals surface area (Å²) in [6.07, 6.45) is 1.05. The summed E-state index contributed by atoms with van der Waals surface area (Å²) in [7, 11) is 0. The Bertz CT molecular complexity index is 282. The summed E-state index contributed by atoms with van der Waals surface area (Å²) in [5.74, 6) is 0. The van der Waals surface area contributed by atoms with Gasteiger partial charge in [0.2, 0.25) is 0 Å². The van der Waals surface area contributed by atoms with E-state index in [9.17, 15) is 0 Å². The van der Waals surface area contributed by atoms with E-state index < -0.39 is 0 Å². The number of benzene rings is 1. The third-order valence-electron chi connectivity index (χ3n) is 2.80. The summed E-state index contributed by atoms with van der Waals surface area (Å²) in [5, 5.41) is 3.37. The summed E-state index contributed by atoms with van der Waals surface area (Å²) >= 11 is 0. The fourth-order valence-electron chi connectivity index (χ4n) is 1.33. The van der Waals surface area contributed by atoms with Crippen LogP contribution in [0.2, 0.25) is 0 Å². The lowest BCUT2D eigenvalue weighted by molar-refractivity contribution is -0.0180. The lowest BCUT2D eigenvalue weighted by Crippen LogP contribution is -2.28. The molecule has 1 rings (SSSR count). The van der Waals surface area contributed by atoms with E-state index in [4.69, 9.17) is 4.74 Å². The second-order valence-electron chi connectivity index (χ2n) is 4.62. The largest absolute Gasteiger partial charge is 0.374 e. The zero-order valence-electron chi connectivity index (χ0n) is 10.6. The number of rotatable bonds is 7. The predicted molar refractivity (Wildman–Crippen MR) is 68.5 cm³/mol. The van der Waals surface area contributed by atoms with E-state index in [1.54, 1.807) is 0 Å². The lowest BCUT2D eigenvalue weighted by Gasteiger charge is -2.23. The van der Waals surface area contributed by atoms with Crippen LogP contribution >= 0.6 is 0 Å². The Morgan fingerprint density at radius 2 is 1.88 bits per heavy atom. The maximum atomic E-state index is 5.75. The number of hydrogen-bond acceptors (Lipinski definition) is 2. The first-order chi connectivity index (χ1) is 7.64. The van der Waals surface area contributed by atoms with Gasteiger partial charge in [0.05, 0.1) is 12.2 Å². The molecule has 2 heteroatoms. The molecule has 0 bridgehead atoms. The minimum atomic E-state index is 0.00836. The van der Waals surface area contributed by atoms with Crippen LogP contribution in [0.25, 0.3) is 0 Å². The highest BCUT2D eigenvalue weighted by molar-refractivity contribution is 5.14. The molecule has 16 heavy (non-hydrogen) atoms. The molecule has 0 heterocycles. The molecule has 0 saturated carbocycles. The van der Waals surface area contributed by atoms with Crippen molar-refractivity contribution in [2.45, 2.75) is 39.3 Å². The Morgan fingerprint density at radius 3 is 2.50 bits per heavy atom. The Kier molecular flexibility index (Phi) is 5.50. The maximum absolute atomic E-state index is 5.75. The Hall–Kier alpha value is -0.860. The molecule has 0 fully saturated rings. The number of nitrogens with one attached hydrogen (secondary N) is 1. The molecule has 0 aliphatic carbocycles. The molecule has 1 N–H and O–H groups in total. The van der Waals surface area contributed by atoms with Gasteiger partial charge in [-0.3, -0.25) is 0 Å². The first-order valence-electron chi connectivity index (χ1n) is 6.02. The van der Waals surface area contributed by atoms with Gasteiger partial charge in [-0.15, -0.1) is 0 Å². The molecule has 0 radical (unpaired) electrons. The summed E-state index contributed by atoms with van der Waals surface area (Å²) in [6.45, 7) is 8.99. The second kappa shape index (κ2) is 6.66. The zero-order chi connectivity index (χ0) is 11.9. The molecule has 1 aromatic carbocycles. The van der Waals surface area contributed by atoms with Crippen LogP contribution in [0.3, 0.4) is 0 Å². The molecular weight excluding hydrogens is 198 g/mol. The zero-order valence-corrected chi connectivity index (χ0v) is 10.6. The van der Waals surface area contributed by atoms with E-state index in [1.807, 2.05) is 6.07 Å².